The molecule has 7 rings (SSSR count). The van der Waals surface area contributed by atoms with Crippen molar-refractivity contribution in [3.05, 3.63) is 35.4 Å². The van der Waals surface area contributed by atoms with Crippen LogP contribution in [0.2, 0.25) is 0 Å². The molecule has 1 aromatic carbocycles. The Morgan fingerprint density at radius 3 is 3.00 bits per heavy atom. The lowest BCUT2D eigenvalue weighted by atomic mass is 9.37. The number of phenols is 1. The van der Waals surface area contributed by atoms with Crippen LogP contribution in [0.5, 0.6) is 11.5 Å². The molecule has 0 radical (unpaired) electrons. The van der Waals surface area contributed by atoms with Gasteiger partial charge >= 0.3 is 5.97 Å². The zero-order valence-corrected chi connectivity index (χ0v) is 16.1. The second-order valence-corrected chi connectivity index (χ2v) is 9.14. The molecule has 4 bridgehead atoms. The summed E-state index contributed by atoms with van der Waals surface area (Å²) in [5, 5.41) is 22.4. The van der Waals surface area contributed by atoms with E-state index >= 15 is 0 Å². The molecule has 2 aliphatic heterocycles. The lowest BCUT2D eigenvalue weighted by molar-refractivity contribution is -0.213. The molecule has 148 valence electrons. The first kappa shape index (κ1) is 16.9. The van der Waals surface area contributed by atoms with Crippen molar-refractivity contribution in [3.8, 4) is 11.5 Å². The minimum Gasteiger partial charge on any atom is -0.504 e. The predicted molar refractivity (Wildman–Crippen MR) is 100 cm³/mol. The van der Waals surface area contributed by atoms with Gasteiger partial charge in [0.1, 0.15) is 11.7 Å². The number of carbonyl (C=O) groups excluding carboxylic acids is 1. The van der Waals surface area contributed by atoms with Gasteiger partial charge < -0.3 is 24.6 Å². The Morgan fingerprint density at radius 2 is 2.21 bits per heavy atom. The third kappa shape index (κ3) is 1.52. The van der Waals surface area contributed by atoms with Crippen molar-refractivity contribution in [1.82, 2.24) is 4.90 Å². The Kier molecular flexibility index (Phi) is 2.96. The fraction of sp³-hybridized carbons (Fsp3) is 0.591. The highest BCUT2D eigenvalue weighted by Crippen LogP contribution is 2.74. The van der Waals surface area contributed by atoms with E-state index < -0.39 is 23.0 Å². The second-order valence-electron chi connectivity index (χ2n) is 9.14. The number of likely N-dealkylation sites (N-methyl/N-ethyl adjacent to an activating group) is 1. The average Bonchev–Trinajstić information content (AvgIpc) is 3.04. The highest BCUT2D eigenvalue weighted by molar-refractivity contribution is 5.78. The van der Waals surface area contributed by atoms with Crippen molar-refractivity contribution < 1.29 is 24.5 Å². The molecule has 2 heterocycles. The van der Waals surface area contributed by atoms with E-state index in [1.807, 2.05) is 6.07 Å². The van der Waals surface area contributed by atoms with Crippen LogP contribution >= 0.6 is 0 Å². The summed E-state index contributed by atoms with van der Waals surface area (Å²) in [7, 11) is 2.14. The molecular formula is C22H25NO5. The van der Waals surface area contributed by atoms with Crippen LogP contribution in [-0.2, 0) is 21.4 Å². The second kappa shape index (κ2) is 4.92. The van der Waals surface area contributed by atoms with Gasteiger partial charge in [-0.25, -0.2) is 0 Å². The van der Waals surface area contributed by atoms with Gasteiger partial charge in [0.25, 0.3) is 0 Å². The summed E-state index contributed by atoms with van der Waals surface area (Å²) in [4.78, 5) is 15.2. The standard InChI is InChI=1S/C22H25NO5/c1-3-27-18(25)13-11-20-6-7-22(13,26)19-21(20)8-9-23(2)15(20)10-12-4-5-14(24)17(28-19)16(12)21/h4-7,13,15,19,24,26H,3,8-11H2,1-2H3/t13-,15-,19+,20-,21+,22-/m1/s1. The molecule has 1 aromatic rings. The van der Waals surface area contributed by atoms with Crippen molar-refractivity contribution in [1.29, 1.82) is 0 Å². The van der Waals surface area contributed by atoms with Gasteiger partial charge in [-0.05, 0) is 51.4 Å². The SMILES string of the molecule is CCOC(=O)[C@H]1C[C@@]23C=C[C@]1(O)[C@H]1Oc4c(O)ccc5c4[C@@]12CCN(C)[C@@H]3C5. The molecule has 2 spiro atoms. The number of carbonyl (C=O) groups is 1. The summed E-state index contributed by atoms with van der Waals surface area (Å²) in [5.41, 5.74) is 0.0764. The molecule has 4 aliphatic carbocycles. The van der Waals surface area contributed by atoms with Gasteiger partial charge in [-0.15, -0.1) is 0 Å². The van der Waals surface area contributed by atoms with Crippen molar-refractivity contribution in [3.63, 3.8) is 0 Å². The Morgan fingerprint density at radius 1 is 1.39 bits per heavy atom. The number of phenolic OH excluding ortho intramolecular Hbond substituents is 1. The molecule has 0 unspecified atom stereocenters. The van der Waals surface area contributed by atoms with E-state index in [9.17, 15) is 15.0 Å². The molecule has 6 atom stereocenters. The number of rotatable bonds is 2. The number of aliphatic hydroxyl groups is 1. The number of hydrogen-bond acceptors (Lipinski definition) is 6. The monoisotopic (exact) mass is 383 g/mol. The van der Waals surface area contributed by atoms with Crippen LogP contribution in [0.3, 0.4) is 0 Å². The Bertz CT molecular complexity index is 943. The number of ether oxygens (including phenoxy) is 2. The van der Waals surface area contributed by atoms with Crippen LogP contribution in [0, 0.1) is 11.3 Å². The van der Waals surface area contributed by atoms with Crippen LogP contribution in [0.4, 0.5) is 0 Å². The molecule has 28 heavy (non-hydrogen) atoms. The zero-order chi connectivity index (χ0) is 19.5. The van der Waals surface area contributed by atoms with Gasteiger partial charge in [-0.2, -0.15) is 0 Å². The van der Waals surface area contributed by atoms with Gasteiger partial charge in [0.05, 0.1) is 17.9 Å². The lowest BCUT2D eigenvalue weighted by Gasteiger charge is -2.70. The summed E-state index contributed by atoms with van der Waals surface area (Å²) in [6.07, 6.45) is 5.58. The molecule has 6 nitrogen and oxygen atoms in total. The van der Waals surface area contributed by atoms with E-state index in [2.05, 4.69) is 18.0 Å². The molecule has 1 saturated carbocycles. The largest absolute Gasteiger partial charge is 0.504 e. The maximum absolute atomic E-state index is 12.9. The van der Waals surface area contributed by atoms with Crippen LogP contribution in [0.15, 0.2) is 24.3 Å². The summed E-state index contributed by atoms with van der Waals surface area (Å²) < 4.78 is 11.7. The number of benzene rings is 1. The maximum atomic E-state index is 12.9. The minimum atomic E-state index is -1.44. The third-order valence-corrected chi connectivity index (χ3v) is 8.32. The van der Waals surface area contributed by atoms with Crippen LogP contribution in [0.25, 0.3) is 0 Å². The van der Waals surface area contributed by atoms with Gasteiger partial charge in [-0.3, -0.25) is 4.79 Å². The average molecular weight is 383 g/mol. The van der Waals surface area contributed by atoms with Gasteiger partial charge in [0.2, 0.25) is 0 Å². The summed E-state index contributed by atoms with van der Waals surface area (Å²) in [6, 6.07) is 3.91. The normalized spacial score (nSPS) is 44.2. The molecule has 2 fully saturated rings. The smallest absolute Gasteiger partial charge is 0.312 e. The van der Waals surface area contributed by atoms with Gasteiger partial charge in [-0.1, -0.05) is 18.2 Å². The first-order valence-corrected chi connectivity index (χ1v) is 10.2. The van der Waals surface area contributed by atoms with Crippen molar-refractivity contribution in [2.45, 2.75) is 49.3 Å². The number of aromatic hydroxyl groups is 1. The molecule has 1 saturated heterocycles. The minimum absolute atomic E-state index is 0.116. The Labute approximate surface area is 163 Å². The highest BCUT2D eigenvalue weighted by atomic mass is 16.5. The molecular weight excluding hydrogens is 358 g/mol. The van der Waals surface area contributed by atoms with Crippen LogP contribution in [0.1, 0.15) is 30.9 Å². The first-order valence-electron chi connectivity index (χ1n) is 10.2. The van der Waals surface area contributed by atoms with E-state index in [1.54, 1.807) is 19.1 Å². The Balaban J connectivity index is 1.65. The van der Waals surface area contributed by atoms with Crippen molar-refractivity contribution in [2.75, 3.05) is 20.2 Å². The fourth-order valence-electron chi connectivity index (χ4n) is 7.27. The molecule has 2 N–H and O–H groups in total. The quantitative estimate of drug-likeness (QED) is 0.596. The lowest BCUT2D eigenvalue weighted by Crippen LogP contribution is -2.79. The van der Waals surface area contributed by atoms with E-state index in [0.717, 1.165) is 24.9 Å². The van der Waals surface area contributed by atoms with E-state index in [-0.39, 0.29) is 29.8 Å². The van der Waals surface area contributed by atoms with Crippen molar-refractivity contribution in [2.24, 2.45) is 11.3 Å². The summed E-state index contributed by atoms with van der Waals surface area (Å²) >= 11 is 0. The maximum Gasteiger partial charge on any atom is 0.312 e. The molecule has 6 heteroatoms. The van der Waals surface area contributed by atoms with Gasteiger partial charge in [0.15, 0.2) is 11.5 Å². The first-order chi connectivity index (χ1) is 13.4. The van der Waals surface area contributed by atoms with Gasteiger partial charge in [0, 0.05) is 17.0 Å². The zero-order valence-electron chi connectivity index (χ0n) is 16.1. The number of likely N-dealkylation sites (tertiary alicyclic amines) is 1. The van der Waals surface area contributed by atoms with Crippen LogP contribution in [-0.4, -0.2) is 59.0 Å². The molecule has 6 aliphatic rings. The van der Waals surface area contributed by atoms with E-state index in [1.165, 1.54) is 5.56 Å². The number of nitrogens with zero attached hydrogens (tertiary/aromatic N) is 1. The summed E-state index contributed by atoms with van der Waals surface area (Å²) in [6.45, 7) is 2.97. The van der Waals surface area contributed by atoms with Crippen molar-refractivity contribution >= 4 is 5.97 Å². The topological polar surface area (TPSA) is 79.2 Å². The third-order valence-electron chi connectivity index (χ3n) is 8.32. The van der Waals surface area contributed by atoms with E-state index in [4.69, 9.17) is 9.47 Å². The highest BCUT2D eigenvalue weighted by Gasteiger charge is 2.79. The number of esters is 1. The Hall–Kier alpha value is -2.05. The predicted octanol–water partition coefficient (Wildman–Crippen LogP) is 1.52. The number of fused-ring (bicyclic) bond motifs is 1. The fourth-order valence-corrected chi connectivity index (χ4v) is 7.27. The van der Waals surface area contributed by atoms with Crippen LogP contribution < -0.4 is 4.74 Å². The molecule has 0 aromatic heterocycles. The summed E-state index contributed by atoms with van der Waals surface area (Å²) in [5.74, 6) is -0.409. The number of hydrogen-bond donors (Lipinski definition) is 2. The number of piperidine rings is 1. The molecule has 0 amide bonds. The van der Waals surface area contributed by atoms with E-state index in [0.29, 0.717) is 12.2 Å².